The average Bonchev–Trinajstić information content (AvgIpc) is 2.30. The van der Waals surface area contributed by atoms with Crippen molar-refractivity contribution in [2.45, 2.75) is 38.5 Å². The molecule has 1 fully saturated rings. The van der Waals surface area contributed by atoms with E-state index in [0.29, 0.717) is 0 Å². The summed E-state index contributed by atoms with van der Waals surface area (Å²) in [6.45, 7) is 8.75. The van der Waals surface area contributed by atoms with Crippen LogP contribution in [-0.4, -0.2) is 38.1 Å². The minimum absolute atomic E-state index is 0. The Morgan fingerprint density at radius 1 is 1.24 bits per heavy atom. The lowest BCUT2D eigenvalue weighted by Crippen LogP contribution is -2.34. The van der Waals surface area contributed by atoms with Crippen molar-refractivity contribution in [3.8, 4) is 0 Å². The number of nitrogens with zero attached hydrogens (tertiary/aromatic N) is 1. The second-order valence-electron chi connectivity index (χ2n) is 5.09. The van der Waals surface area contributed by atoms with Crippen LogP contribution in [0.3, 0.4) is 0 Å². The lowest BCUT2D eigenvalue weighted by molar-refractivity contribution is 0.237. The van der Waals surface area contributed by atoms with Crippen LogP contribution in [0.1, 0.15) is 38.5 Å². The molecule has 0 saturated carbocycles. The highest BCUT2D eigenvalue weighted by Gasteiger charge is 2.14. The molecule has 0 amide bonds. The number of nitrogens with one attached hydrogen (secondary N) is 1. The highest BCUT2D eigenvalue weighted by Crippen LogP contribution is 2.13. The highest BCUT2D eigenvalue weighted by atomic mass is 35.5. The summed E-state index contributed by atoms with van der Waals surface area (Å²) in [5.74, 6) is 0.930. The van der Waals surface area contributed by atoms with Crippen LogP contribution in [0.25, 0.3) is 0 Å². The third-order valence-electron chi connectivity index (χ3n) is 3.48. The van der Waals surface area contributed by atoms with E-state index in [1.807, 2.05) is 6.08 Å². The molecule has 1 aliphatic heterocycles. The molecule has 1 N–H and O–H groups in total. The van der Waals surface area contributed by atoms with Crippen molar-refractivity contribution >= 4 is 12.4 Å². The third-order valence-corrected chi connectivity index (χ3v) is 3.48. The summed E-state index contributed by atoms with van der Waals surface area (Å²) >= 11 is 0. The summed E-state index contributed by atoms with van der Waals surface area (Å²) in [7, 11) is 2.27. The molecule has 0 bridgehead atoms. The van der Waals surface area contributed by atoms with E-state index < -0.39 is 0 Å². The normalized spacial score (nSPS) is 16.8. The SMILES string of the molecule is C=CCCCCCN(C)CC1CCNCC1.Cl. The first-order valence-electron chi connectivity index (χ1n) is 6.83. The van der Waals surface area contributed by atoms with Crippen LogP contribution >= 0.6 is 12.4 Å². The molecule has 0 aromatic rings. The van der Waals surface area contributed by atoms with Crippen LogP contribution in [0.5, 0.6) is 0 Å². The molecular weight excluding hydrogens is 232 g/mol. The maximum atomic E-state index is 3.75. The summed E-state index contributed by atoms with van der Waals surface area (Å²) in [5.41, 5.74) is 0. The van der Waals surface area contributed by atoms with Crippen molar-refractivity contribution in [2.24, 2.45) is 5.92 Å². The van der Waals surface area contributed by atoms with E-state index in [2.05, 4.69) is 23.8 Å². The maximum Gasteiger partial charge on any atom is 0.000755 e. The summed E-state index contributed by atoms with van der Waals surface area (Å²) in [5, 5.41) is 3.43. The van der Waals surface area contributed by atoms with Gasteiger partial charge in [-0.25, -0.2) is 0 Å². The van der Waals surface area contributed by atoms with E-state index in [-0.39, 0.29) is 12.4 Å². The van der Waals surface area contributed by atoms with Gasteiger partial charge in [0.15, 0.2) is 0 Å². The Morgan fingerprint density at radius 3 is 2.59 bits per heavy atom. The monoisotopic (exact) mass is 260 g/mol. The Morgan fingerprint density at radius 2 is 1.94 bits per heavy atom. The van der Waals surface area contributed by atoms with Crippen LogP contribution in [0, 0.1) is 5.92 Å². The predicted molar refractivity (Wildman–Crippen MR) is 79.0 cm³/mol. The molecule has 3 heteroatoms. The van der Waals surface area contributed by atoms with Gasteiger partial charge >= 0.3 is 0 Å². The summed E-state index contributed by atoms with van der Waals surface area (Å²) in [6.07, 6.45) is 9.93. The topological polar surface area (TPSA) is 15.3 Å². The number of halogens is 1. The Kier molecular flexibility index (Phi) is 11.0. The maximum absolute atomic E-state index is 3.75. The van der Waals surface area contributed by atoms with Crippen molar-refractivity contribution in [1.29, 1.82) is 0 Å². The van der Waals surface area contributed by atoms with Crippen molar-refractivity contribution in [3.63, 3.8) is 0 Å². The van der Waals surface area contributed by atoms with Crippen LogP contribution in [0.15, 0.2) is 12.7 Å². The minimum Gasteiger partial charge on any atom is -0.317 e. The van der Waals surface area contributed by atoms with Crippen LogP contribution in [-0.2, 0) is 0 Å². The fourth-order valence-electron chi connectivity index (χ4n) is 2.44. The van der Waals surface area contributed by atoms with E-state index in [9.17, 15) is 0 Å². The number of hydrogen-bond donors (Lipinski definition) is 1. The van der Waals surface area contributed by atoms with Gasteiger partial charge in [0.2, 0.25) is 0 Å². The molecule has 1 aliphatic rings. The first-order chi connectivity index (χ1) is 7.83. The molecule has 0 radical (unpaired) electrons. The molecule has 17 heavy (non-hydrogen) atoms. The van der Waals surface area contributed by atoms with E-state index in [0.717, 1.165) is 5.92 Å². The Labute approximate surface area is 113 Å². The molecular formula is C14H29ClN2. The van der Waals surface area contributed by atoms with Gasteiger partial charge in [0.1, 0.15) is 0 Å². The van der Waals surface area contributed by atoms with Gasteiger partial charge in [0, 0.05) is 6.54 Å². The Hall–Kier alpha value is -0.0500. The first-order valence-corrected chi connectivity index (χ1v) is 6.83. The van der Waals surface area contributed by atoms with Gasteiger partial charge in [0.05, 0.1) is 0 Å². The van der Waals surface area contributed by atoms with E-state index in [4.69, 9.17) is 0 Å². The number of hydrogen-bond acceptors (Lipinski definition) is 2. The molecule has 0 aromatic carbocycles. The first kappa shape index (κ1) is 16.9. The van der Waals surface area contributed by atoms with Crippen LogP contribution in [0.2, 0.25) is 0 Å². The Balaban J connectivity index is 0.00000256. The standard InChI is InChI=1S/C14H28N2.ClH/c1-3-4-5-6-7-12-16(2)13-14-8-10-15-11-9-14;/h3,14-15H,1,4-13H2,2H3;1H. The van der Waals surface area contributed by atoms with Crippen molar-refractivity contribution in [2.75, 3.05) is 33.2 Å². The number of allylic oxidation sites excluding steroid dienone is 1. The third kappa shape index (κ3) is 8.64. The fourth-order valence-corrected chi connectivity index (χ4v) is 2.44. The number of piperidine rings is 1. The quantitative estimate of drug-likeness (QED) is 0.533. The summed E-state index contributed by atoms with van der Waals surface area (Å²) in [4.78, 5) is 2.52. The molecule has 0 aromatic heterocycles. The second-order valence-corrected chi connectivity index (χ2v) is 5.09. The molecule has 0 unspecified atom stereocenters. The van der Waals surface area contributed by atoms with Crippen molar-refractivity contribution < 1.29 is 0 Å². The summed E-state index contributed by atoms with van der Waals surface area (Å²) < 4.78 is 0. The second kappa shape index (κ2) is 11.1. The fraction of sp³-hybridized carbons (Fsp3) is 0.857. The molecule has 102 valence electrons. The predicted octanol–water partition coefficient (Wildman–Crippen LogP) is 3.09. The smallest absolute Gasteiger partial charge is 0.000755 e. The van der Waals surface area contributed by atoms with Gasteiger partial charge in [-0.2, -0.15) is 0 Å². The van der Waals surface area contributed by atoms with Crippen LogP contribution in [0.4, 0.5) is 0 Å². The highest BCUT2D eigenvalue weighted by molar-refractivity contribution is 5.85. The molecule has 1 heterocycles. The average molecular weight is 261 g/mol. The van der Waals surface area contributed by atoms with Gasteiger partial charge < -0.3 is 10.2 Å². The molecule has 0 aliphatic carbocycles. The summed E-state index contributed by atoms with van der Waals surface area (Å²) in [6, 6.07) is 0. The van der Waals surface area contributed by atoms with Crippen molar-refractivity contribution in [1.82, 2.24) is 10.2 Å². The van der Waals surface area contributed by atoms with Crippen molar-refractivity contribution in [3.05, 3.63) is 12.7 Å². The molecule has 1 saturated heterocycles. The van der Waals surface area contributed by atoms with Gasteiger partial charge in [-0.3, -0.25) is 0 Å². The zero-order valence-corrected chi connectivity index (χ0v) is 12.1. The van der Waals surface area contributed by atoms with E-state index in [1.54, 1.807) is 0 Å². The van der Waals surface area contributed by atoms with Gasteiger partial charge in [0.25, 0.3) is 0 Å². The molecule has 2 nitrogen and oxygen atoms in total. The largest absolute Gasteiger partial charge is 0.317 e. The lowest BCUT2D eigenvalue weighted by atomic mass is 9.97. The molecule has 0 atom stereocenters. The van der Waals surface area contributed by atoms with E-state index >= 15 is 0 Å². The lowest BCUT2D eigenvalue weighted by Gasteiger charge is -2.27. The minimum atomic E-state index is 0. The number of unbranched alkanes of at least 4 members (excludes halogenated alkanes) is 3. The number of rotatable bonds is 8. The zero-order valence-electron chi connectivity index (χ0n) is 11.3. The Bertz CT molecular complexity index is 179. The molecule has 1 rings (SSSR count). The van der Waals surface area contributed by atoms with Gasteiger partial charge in [-0.1, -0.05) is 12.5 Å². The van der Waals surface area contributed by atoms with Gasteiger partial charge in [-0.05, 0) is 64.7 Å². The zero-order chi connectivity index (χ0) is 11.6. The van der Waals surface area contributed by atoms with Crippen LogP contribution < -0.4 is 5.32 Å². The van der Waals surface area contributed by atoms with Gasteiger partial charge in [-0.15, -0.1) is 19.0 Å². The molecule has 0 spiro atoms. The van der Waals surface area contributed by atoms with E-state index in [1.165, 1.54) is 64.7 Å².